The Labute approximate surface area is 747 Å². The average Bonchev–Trinajstić information content (AvgIpc) is 1.69. The highest BCUT2D eigenvalue weighted by Gasteiger charge is 2.61. The zero-order valence-corrected chi connectivity index (χ0v) is 73.5. The Morgan fingerprint density at radius 3 is 1.10 bits per heavy atom. The maximum atomic E-state index is 18.1. The molecule has 0 saturated heterocycles. The Morgan fingerprint density at radius 2 is 0.732 bits per heavy atom. The molecule has 14 rings (SSSR count). The van der Waals surface area contributed by atoms with Gasteiger partial charge in [0, 0.05) is 58.3 Å². The van der Waals surface area contributed by atoms with Crippen LogP contribution in [0.1, 0.15) is 54.1 Å². The molecule has 0 aliphatic rings. The lowest BCUT2D eigenvalue weighted by Gasteiger charge is -2.27. The number of halogens is 15. The molecule has 0 saturated carbocycles. The average molecular weight is 2050 g/mol. The van der Waals surface area contributed by atoms with E-state index in [4.69, 9.17) is 101 Å². The predicted molar refractivity (Wildman–Crippen MR) is 458 cm³/mol. The molecule has 630 valence electrons. The molecular formula is C81H50Br3Cl6F6N8O16P3. The first-order valence-electron chi connectivity index (χ1n) is 35.1. The van der Waals surface area contributed by atoms with E-state index in [9.17, 15) is 55.9 Å². The van der Waals surface area contributed by atoms with Crippen LogP contribution in [0.3, 0.4) is 0 Å². The summed E-state index contributed by atoms with van der Waals surface area (Å²) in [6, 6.07) is 53.9. The van der Waals surface area contributed by atoms with Gasteiger partial charge < -0.3 is 51.3 Å². The monoisotopic (exact) mass is 2040 g/mol. The fraction of sp³-hybridized carbons (Fsp3) is 0.0741. The number of aromatic nitrogens is 5. The number of anilines is 6. The normalized spacial score (nSPS) is 12.1. The van der Waals surface area contributed by atoms with Gasteiger partial charge >= 0.3 is 69.8 Å². The van der Waals surface area contributed by atoms with Crippen LogP contribution >= 0.6 is 140 Å². The maximum absolute atomic E-state index is 18.1. The molecule has 4 N–H and O–H groups in total. The topological polar surface area (TPSA) is 317 Å². The standard InChI is InChI=1S/C81H50Br3Cl6F6N8O16P3/c82-62-30-45(18-24-59(62)79(91,92)121(107,108)109)42-103(53-22-28-66(86)69(89)38-53)77-100-98-72(117-77)48-10-4-14-55(33-48)114-57-16-6-12-50(35-57)74(105)119-123(113,81(95,96)61-26-20-44(32-64(61)84)41-102(52-21-27-65(85)68(88)37-52)76-97-40-71(116-76)47-8-2-1-3-9-47)120-75(106)51-13-7-17-58(36-51)115-56-15-5-11-49(34-56)73-99-101-78(118-73)104(54-23-29-67(87)70(90)39-54)43-46-19-25-60(63(83)31-46)80(93,94)122(110,111)112/h1-40H,41-43H2,(H2,107,108,109)(H2,110,111,112). The van der Waals surface area contributed by atoms with Gasteiger partial charge in [0.2, 0.25) is 11.8 Å². The minimum atomic E-state index is -6.56. The number of benzene rings is 11. The van der Waals surface area contributed by atoms with E-state index in [0.717, 1.165) is 42.5 Å². The third-order valence-electron chi connectivity index (χ3n) is 18.1. The van der Waals surface area contributed by atoms with E-state index in [1.54, 1.807) is 59.5 Å². The quantitative estimate of drug-likeness (QED) is 0.0250. The van der Waals surface area contributed by atoms with Gasteiger partial charge in [0.15, 0.2) is 5.76 Å². The van der Waals surface area contributed by atoms with Crippen molar-refractivity contribution in [2.45, 2.75) is 36.6 Å². The molecular weight excluding hydrogens is 2000 g/mol. The molecule has 24 nitrogen and oxygen atoms in total. The van der Waals surface area contributed by atoms with Crippen LogP contribution in [0.15, 0.2) is 269 Å². The third-order valence-corrected chi connectivity index (χ3v) is 25.9. The number of hydrogen-bond acceptors (Lipinski definition) is 20. The minimum absolute atomic E-state index is 0.0438. The molecule has 0 atom stereocenters. The summed E-state index contributed by atoms with van der Waals surface area (Å²) in [5.74, 6) is -3.42. The lowest BCUT2D eigenvalue weighted by Crippen LogP contribution is -2.23. The van der Waals surface area contributed by atoms with Crippen molar-refractivity contribution in [1.82, 2.24) is 25.4 Å². The van der Waals surface area contributed by atoms with E-state index >= 15 is 13.3 Å². The lowest BCUT2D eigenvalue weighted by atomic mass is 10.1. The number of alkyl halides is 6. The highest BCUT2D eigenvalue weighted by molar-refractivity contribution is 9.11. The second-order valence-corrected chi connectivity index (χ2v) is 36.7. The summed E-state index contributed by atoms with van der Waals surface area (Å²) in [6.07, 6.45) is 1.49. The fourth-order valence-corrected chi connectivity index (χ4v) is 17.8. The molecule has 0 spiro atoms. The Kier molecular flexibility index (Phi) is 26.4. The summed E-state index contributed by atoms with van der Waals surface area (Å²) in [5.41, 5.74) is -15.0. The van der Waals surface area contributed by atoms with Crippen LogP contribution in [-0.4, -0.2) is 56.9 Å². The number of carbonyl (C=O) groups is 2. The van der Waals surface area contributed by atoms with E-state index in [1.807, 2.05) is 6.07 Å². The van der Waals surface area contributed by atoms with Crippen molar-refractivity contribution >= 4 is 187 Å². The molecule has 11 aromatic carbocycles. The van der Waals surface area contributed by atoms with E-state index in [2.05, 4.69) is 73.2 Å². The molecule has 0 radical (unpaired) electrons. The zero-order valence-electron chi connectivity index (χ0n) is 61.5. The molecule has 42 heteroatoms. The number of oxazole rings is 1. The Morgan fingerprint density at radius 1 is 0.382 bits per heavy atom. The molecule has 0 aliphatic heterocycles. The highest BCUT2D eigenvalue weighted by Crippen LogP contribution is 2.69. The van der Waals surface area contributed by atoms with Crippen LogP contribution in [0.2, 0.25) is 30.1 Å². The molecule has 0 aliphatic carbocycles. The first-order chi connectivity index (χ1) is 58.3. The van der Waals surface area contributed by atoms with Gasteiger partial charge in [-0.05, 0) is 162 Å². The van der Waals surface area contributed by atoms with Crippen molar-refractivity contribution < 1.29 is 101 Å². The summed E-state index contributed by atoms with van der Waals surface area (Å²) in [7, 11) is -18.5. The number of ether oxygens (including phenoxy) is 2. The highest BCUT2D eigenvalue weighted by atomic mass is 79.9. The summed E-state index contributed by atoms with van der Waals surface area (Å²) < 4.78 is 175. The minimum Gasteiger partial charge on any atom is -0.457 e. The first-order valence-corrected chi connectivity index (χ1v) is 44.5. The van der Waals surface area contributed by atoms with Gasteiger partial charge in [-0.15, -0.1) is 10.2 Å². The van der Waals surface area contributed by atoms with Gasteiger partial charge in [-0.1, -0.05) is 219 Å². The summed E-state index contributed by atoms with van der Waals surface area (Å²) in [4.78, 5) is 75.9. The van der Waals surface area contributed by atoms with Crippen LogP contribution in [0.5, 0.6) is 23.0 Å². The Hall–Kier alpha value is -9.86. The molecule has 0 amide bonds. The second-order valence-electron chi connectivity index (χ2n) is 26.4. The summed E-state index contributed by atoms with van der Waals surface area (Å²) in [5, 5.41) is 17.8. The van der Waals surface area contributed by atoms with Crippen molar-refractivity contribution in [3.8, 4) is 57.2 Å². The van der Waals surface area contributed by atoms with E-state index in [-0.39, 0.29) is 123 Å². The van der Waals surface area contributed by atoms with Gasteiger partial charge in [-0.2, -0.15) is 26.3 Å². The second kappa shape index (κ2) is 36.4. The van der Waals surface area contributed by atoms with E-state index in [0.29, 0.717) is 45.1 Å². The van der Waals surface area contributed by atoms with Gasteiger partial charge in [0.25, 0.3) is 0 Å². The van der Waals surface area contributed by atoms with Crippen LogP contribution in [-0.2, 0) is 59.4 Å². The van der Waals surface area contributed by atoms with Crippen LogP contribution in [0.25, 0.3) is 34.2 Å². The van der Waals surface area contributed by atoms with Crippen LogP contribution in [0, 0.1) is 0 Å². The lowest BCUT2D eigenvalue weighted by molar-refractivity contribution is 0.0270. The van der Waals surface area contributed by atoms with Crippen LogP contribution in [0.4, 0.5) is 61.4 Å². The largest absolute Gasteiger partial charge is 0.509 e. The van der Waals surface area contributed by atoms with Crippen molar-refractivity contribution in [3.05, 3.63) is 331 Å². The number of hydrogen-bond donors (Lipinski definition) is 4. The van der Waals surface area contributed by atoms with E-state index in [1.165, 1.54) is 149 Å². The first kappa shape index (κ1) is 89.4. The van der Waals surface area contributed by atoms with Gasteiger partial charge in [0.05, 0.1) is 72.7 Å². The summed E-state index contributed by atoms with van der Waals surface area (Å²) in [6.45, 7) is -0.524. The number of rotatable bonds is 29. The maximum Gasteiger partial charge on any atom is 0.509 e. The number of carbonyl (C=O) groups excluding carboxylic acids is 2. The van der Waals surface area contributed by atoms with Crippen molar-refractivity contribution in [2.24, 2.45) is 0 Å². The molecule has 0 bridgehead atoms. The third kappa shape index (κ3) is 19.8. The van der Waals surface area contributed by atoms with Gasteiger partial charge in [-0.25, -0.2) is 19.1 Å². The predicted octanol–water partition coefficient (Wildman–Crippen LogP) is 26.7. The van der Waals surface area contributed by atoms with Crippen LogP contribution < -0.4 is 24.2 Å². The van der Waals surface area contributed by atoms with E-state index < -0.39 is 84.0 Å². The van der Waals surface area contributed by atoms with Crippen molar-refractivity contribution in [3.63, 3.8) is 0 Å². The molecule has 0 unspecified atom stereocenters. The zero-order chi connectivity index (χ0) is 87.8. The molecule has 0 fully saturated rings. The molecule has 3 aromatic heterocycles. The van der Waals surface area contributed by atoms with Crippen molar-refractivity contribution in [2.75, 3.05) is 14.7 Å². The van der Waals surface area contributed by atoms with Gasteiger partial charge in [0.1, 0.15) is 23.0 Å². The van der Waals surface area contributed by atoms with Crippen molar-refractivity contribution in [1.29, 1.82) is 0 Å². The Bertz CT molecular complexity index is 6300. The summed E-state index contributed by atoms with van der Waals surface area (Å²) >= 11 is 47.5. The number of nitrogens with zero attached hydrogens (tertiary/aromatic N) is 8. The Balaban J connectivity index is 0.738. The molecule has 3 heterocycles. The van der Waals surface area contributed by atoms with Gasteiger partial charge in [-0.3, -0.25) is 23.8 Å². The molecule has 123 heavy (non-hydrogen) atoms. The molecule has 14 aromatic rings. The SMILES string of the molecule is O=C(OP(=O)(OC(=O)c1cccc(Oc2cccc(-c3nnc(N(Cc4ccc(C(F)(F)P(=O)(O)O)c(Br)c4)c4ccc(Cl)c(Cl)c4)o3)c2)c1)C(F)(F)c1ccc(CN(c2ccc(Cl)c(Cl)c2)c2ncc(-c3ccccc3)o2)cc1Br)c1cccc(Oc2cccc(-c3nnc(N(Cc4ccc(C(F)(F)P(=O)(O)O)c(Br)c4)c4ccc(Cl)c(Cl)c4)o3)c2)c1. The fourth-order valence-electron chi connectivity index (χ4n) is 12.0. The smallest absolute Gasteiger partial charge is 0.457 e.